The molecule has 0 aliphatic carbocycles. The molecule has 8 heteroatoms. The van der Waals surface area contributed by atoms with Gasteiger partial charge in [-0.05, 0) is 12.1 Å². The third-order valence-corrected chi connectivity index (χ3v) is 2.81. The molecule has 21 heavy (non-hydrogen) atoms. The maximum atomic E-state index is 13.6. The molecule has 0 atom stereocenters. The summed E-state index contributed by atoms with van der Waals surface area (Å²) in [5.41, 5.74) is -1.56. The number of benzene rings is 2. The first-order valence-corrected chi connectivity index (χ1v) is 5.46. The maximum Gasteiger partial charge on any atom is 0.200 e. The van der Waals surface area contributed by atoms with Gasteiger partial charge in [0, 0.05) is 18.8 Å². The van der Waals surface area contributed by atoms with Crippen LogP contribution in [-0.2, 0) is 0 Å². The minimum absolute atomic E-state index is 0.294. The minimum atomic E-state index is -2.30. The Kier molecular flexibility index (Phi) is 3.80. The van der Waals surface area contributed by atoms with Crippen LogP contribution in [0.5, 0.6) is 0 Å². The lowest BCUT2D eigenvalue weighted by molar-refractivity contribution is 0.380. The van der Waals surface area contributed by atoms with E-state index in [9.17, 15) is 30.7 Å². The molecule has 0 heterocycles. The van der Waals surface area contributed by atoms with Crippen LogP contribution < -0.4 is 4.90 Å². The molecule has 0 amide bonds. The molecule has 0 N–H and O–H groups in total. The van der Waals surface area contributed by atoms with Crippen LogP contribution in [0.25, 0.3) is 0 Å². The normalized spacial score (nSPS) is 10.9. The van der Waals surface area contributed by atoms with Crippen molar-refractivity contribution in [3.05, 3.63) is 58.9 Å². The molecule has 0 aliphatic rings. The number of nitrogens with zero attached hydrogens (tertiary/aromatic N) is 1. The fourth-order valence-corrected chi connectivity index (χ4v) is 1.71. The second kappa shape index (κ2) is 5.27. The van der Waals surface area contributed by atoms with Crippen molar-refractivity contribution in [3.63, 3.8) is 0 Å². The van der Waals surface area contributed by atoms with Crippen LogP contribution in [0.4, 0.5) is 42.1 Å². The summed E-state index contributed by atoms with van der Waals surface area (Å²) in [6.45, 7) is 0. The molecule has 0 saturated carbocycles. The van der Waals surface area contributed by atoms with E-state index < -0.39 is 46.4 Å². The molecule has 1 nitrogen and oxygen atoms in total. The summed E-state index contributed by atoms with van der Waals surface area (Å²) in [6.07, 6.45) is 0. The first-order chi connectivity index (χ1) is 9.75. The fourth-order valence-electron chi connectivity index (χ4n) is 1.71. The van der Waals surface area contributed by atoms with Crippen molar-refractivity contribution in [1.29, 1.82) is 0 Å². The zero-order valence-electron chi connectivity index (χ0n) is 10.3. The Morgan fingerprint density at radius 3 is 1.62 bits per heavy atom. The van der Waals surface area contributed by atoms with E-state index in [0.29, 0.717) is 17.0 Å². The molecule has 112 valence electrons. The highest BCUT2D eigenvalue weighted by Gasteiger charge is 2.28. The predicted molar refractivity (Wildman–Crippen MR) is 60.7 cm³/mol. The van der Waals surface area contributed by atoms with Gasteiger partial charge in [-0.1, -0.05) is 0 Å². The third-order valence-electron chi connectivity index (χ3n) is 2.81. The van der Waals surface area contributed by atoms with Crippen LogP contribution in [0, 0.1) is 40.7 Å². The smallest absolute Gasteiger partial charge is 0.200 e. The van der Waals surface area contributed by atoms with Gasteiger partial charge in [-0.25, -0.2) is 30.7 Å². The average molecular weight is 309 g/mol. The van der Waals surface area contributed by atoms with Gasteiger partial charge < -0.3 is 4.90 Å². The molecule has 0 radical (unpaired) electrons. The molecule has 2 rings (SSSR count). The largest absolute Gasteiger partial charge is 0.340 e. The van der Waals surface area contributed by atoms with Gasteiger partial charge in [-0.2, -0.15) is 0 Å². The SMILES string of the molecule is CN(c1ccc(F)c(F)c1)c1c(F)c(F)c(F)c(F)c1F. The first-order valence-electron chi connectivity index (χ1n) is 5.46. The van der Waals surface area contributed by atoms with Crippen molar-refractivity contribution in [1.82, 2.24) is 0 Å². The minimum Gasteiger partial charge on any atom is -0.340 e. The number of anilines is 2. The van der Waals surface area contributed by atoms with Crippen LogP contribution in [0.3, 0.4) is 0 Å². The molecule has 2 aromatic carbocycles. The van der Waals surface area contributed by atoms with Gasteiger partial charge in [0.1, 0.15) is 5.69 Å². The van der Waals surface area contributed by atoms with Crippen molar-refractivity contribution in [2.24, 2.45) is 0 Å². The Morgan fingerprint density at radius 1 is 0.667 bits per heavy atom. The van der Waals surface area contributed by atoms with Crippen molar-refractivity contribution in [2.45, 2.75) is 0 Å². The van der Waals surface area contributed by atoms with E-state index in [-0.39, 0.29) is 5.69 Å². The predicted octanol–water partition coefficient (Wildman–Crippen LogP) is 4.43. The lowest BCUT2D eigenvalue weighted by atomic mass is 10.2. The van der Waals surface area contributed by atoms with Crippen LogP contribution in [0.2, 0.25) is 0 Å². The summed E-state index contributed by atoms with van der Waals surface area (Å²) in [7, 11) is 0.949. The Labute approximate surface area is 114 Å². The summed E-state index contributed by atoms with van der Waals surface area (Å²) in [6, 6.07) is 2.15. The highest BCUT2D eigenvalue weighted by molar-refractivity contribution is 5.64. The molecule has 2 aromatic rings. The molecule has 0 bridgehead atoms. The Bertz CT molecular complexity index is 685. The summed E-state index contributed by atoms with van der Waals surface area (Å²) in [5.74, 6) is -13.2. The third kappa shape index (κ3) is 2.41. The van der Waals surface area contributed by atoms with Crippen LogP contribution in [0.15, 0.2) is 18.2 Å². The van der Waals surface area contributed by atoms with Crippen LogP contribution in [0.1, 0.15) is 0 Å². The highest BCUT2D eigenvalue weighted by atomic mass is 19.2. The van der Waals surface area contributed by atoms with Crippen LogP contribution >= 0.6 is 0 Å². The van der Waals surface area contributed by atoms with Gasteiger partial charge in [0.15, 0.2) is 34.9 Å². The van der Waals surface area contributed by atoms with Gasteiger partial charge >= 0.3 is 0 Å². The summed E-state index contributed by atoms with van der Waals surface area (Å²) < 4.78 is 92.2. The van der Waals surface area contributed by atoms with Crippen molar-refractivity contribution in [2.75, 3.05) is 11.9 Å². The lowest BCUT2D eigenvalue weighted by Crippen LogP contribution is -2.17. The quantitative estimate of drug-likeness (QED) is 0.451. The zero-order chi connectivity index (χ0) is 15.9. The van der Waals surface area contributed by atoms with E-state index >= 15 is 0 Å². The van der Waals surface area contributed by atoms with E-state index in [1.165, 1.54) is 0 Å². The maximum absolute atomic E-state index is 13.6. The van der Waals surface area contributed by atoms with E-state index in [1.807, 2.05) is 0 Å². The van der Waals surface area contributed by atoms with Gasteiger partial charge in [-0.15, -0.1) is 0 Å². The molecular formula is C13H6F7N. The topological polar surface area (TPSA) is 3.24 Å². The van der Waals surface area contributed by atoms with Gasteiger partial charge in [0.25, 0.3) is 0 Å². The molecule has 0 aliphatic heterocycles. The highest BCUT2D eigenvalue weighted by Crippen LogP contribution is 2.33. The molecule has 0 saturated heterocycles. The summed E-state index contributed by atoms with van der Waals surface area (Å²) in [4.78, 5) is 0.527. The van der Waals surface area contributed by atoms with Crippen molar-refractivity contribution >= 4 is 11.4 Å². The first kappa shape index (κ1) is 15.1. The zero-order valence-corrected chi connectivity index (χ0v) is 10.3. The molecule has 0 fully saturated rings. The summed E-state index contributed by atoms with van der Waals surface area (Å²) >= 11 is 0. The molecule has 0 unspecified atom stereocenters. The van der Waals surface area contributed by atoms with Crippen LogP contribution in [-0.4, -0.2) is 7.05 Å². The van der Waals surface area contributed by atoms with E-state index in [1.54, 1.807) is 0 Å². The van der Waals surface area contributed by atoms with Gasteiger partial charge in [-0.3, -0.25) is 0 Å². The molecular weight excluding hydrogens is 303 g/mol. The molecule has 0 aromatic heterocycles. The Hall–Kier alpha value is -2.25. The number of halogens is 7. The van der Waals surface area contributed by atoms with Gasteiger partial charge in [0.2, 0.25) is 5.82 Å². The average Bonchev–Trinajstić information content (AvgIpc) is 2.46. The second-order valence-corrected chi connectivity index (χ2v) is 4.08. The Morgan fingerprint density at radius 2 is 1.14 bits per heavy atom. The van der Waals surface area contributed by atoms with E-state index in [2.05, 4.69) is 0 Å². The lowest BCUT2D eigenvalue weighted by Gasteiger charge is -2.21. The monoisotopic (exact) mass is 309 g/mol. The second-order valence-electron chi connectivity index (χ2n) is 4.08. The molecule has 0 spiro atoms. The van der Waals surface area contributed by atoms with Gasteiger partial charge in [0.05, 0.1) is 0 Å². The van der Waals surface area contributed by atoms with E-state index in [4.69, 9.17) is 0 Å². The number of rotatable bonds is 2. The summed E-state index contributed by atoms with van der Waals surface area (Å²) in [5, 5.41) is 0. The van der Waals surface area contributed by atoms with Crippen molar-refractivity contribution < 1.29 is 30.7 Å². The Balaban J connectivity index is 2.63. The number of hydrogen-bond acceptors (Lipinski definition) is 1. The number of hydrogen-bond donors (Lipinski definition) is 0. The van der Waals surface area contributed by atoms with E-state index in [0.717, 1.165) is 13.1 Å². The van der Waals surface area contributed by atoms with Crippen molar-refractivity contribution in [3.8, 4) is 0 Å². The fraction of sp³-hybridized carbons (Fsp3) is 0.0769. The standard InChI is InChI=1S/C13H6F7N/c1-21(5-2-3-6(14)7(15)4-5)13-11(19)9(17)8(16)10(18)12(13)20/h2-4H,1H3.